The van der Waals surface area contributed by atoms with E-state index >= 15 is 0 Å². The molecular weight excluding hydrogens is 981 g/mol. The molecule has 3 heterocycles. The second-order valence-electron chi connectivity index (χ2n) is 22.2. The van der Waals surface area contributed by atoms with E-state index in [-0.39, 0.29) is 0 Å². The SMILES string of the molecule is c1ccc(C2(c3ccccc3)c3ccccc3-c3c2cc(N(c2ccc(-c4cccc5c4oc4ccccc45)cc2)c2ccc4c(c2)C2(c5ccccc5-4)c4ccccc4-n4c5ccccc5c5cccc2c54)c2ccccc32)cc1. The molecule has 0 bridgehead atoms. The molecule has 1 atom stereocenters. The molecule has 81 heavy (non-hydrogen) atoms. The number of benzene rings is 13. The van der Waals surface area contributed by atoms with Gasteiger partial charge in [-0.05, 0) is 126 Å². The first-order chi connectivity index (χ1) is 40.2. The molecule has 0 radical (unpaired) electrons. The summed E-state index contributed by atoms with van der Waals surface area (Å²) in [5, 5.41) is 7.17. The van der Waals surface area contributed by atoms with E-state index in [1.165, 1.54) is 105 Å². The van der Waals surface area contributed by atoms with Crippen LogP contribution in [0.1, 0.15) is 44.5 Å². The van der Waals surface area contributed by atoms with Gasteiger partial charge in [-0.15, -0.1) is 0 Å². The van der Waals surface area contributed by atoms with Crippen molar-refractivity contribution in [2.45, 2.75) is 10.8 Å². The highest BCUT2D eigenvalue weighted by Gasteiger charge is 2.52. The predicted molar refractivity (Wildman–Crippen MR) is 334 cm³/mol. The van der Waals surface area contributed by atoms with Crippen LogP contribution in [0.4, 0.5) is 17.1 Å². The molecule has 3 aliphatic rings. The van der Waals surface area contributed by atoms with Gasteiger partial charge in [-0.1, -0.05) is 243 Å². The van der Waals surface area contributed by atoms with Crippen molar-refractivity contribution in [3.8, 4) is 39.1 Å². The summed E-state index contributed by atoms with van der Waals surface area (Å²) in [4.78, 5) is 2.56. The zero-order chi connectivity index (χ0) is 53.0. The Morgan fingerprint density at radius 2 is 0.877 bits per heavy atom. The van der Waals surface area contributed by atoms with Crippen LogP contribution in [0.15, 0.2) is 296 Å². The number of nitrogens with zero attached hydrogens (tertiary/aromatic N) is 2. The average molecular weight is 1030 g/mol. The maximum Gasteiger partial charge on any atom is 0.143 e. The molecule has 0 saturated carbocycles. The second kappa shape index (κ2) is 16.5. The first-order valence-electron chi connectivity index (χ1n) is 28.2. The average Bonchev–Trinajstić information content (AvgIpc) is 3.25. The van der Waals surface area contributed by atoms with E-state index in [1.807, 2.05) is 6.07 Å². The van der Waals surface area contributed by atoms with E-state index in [4.69, 9.17) is 4.42 Å². The molecule has 1 unspecified atom stereocenters. The van der Waals surface area contributed by atoms with Gasteiger partial charge in [0.15, 0.2) is 0 Å². The van der Waals surface area contributed by atoms with Crippen LogP contribution in [-0.4, -0.2) is 4.57 Å². The molecule has 3 heteroatoms. The molecule has 1 aliphatic heterocycles. The van der Waals surface area contributed by atoms with Gasteiger partial charge in [-0.25, -0.2) is 0 Å². The van der Waals surface area contributed by atoms with Gasteiger partial charge in [-0.2, -0.15) is 0 Å². The Morgan fingerprint density at radius 3 is 1.67 bits per heavy atom. The number of furan rings is 1. The maximum absolute atomic E-state index is 6.66. The number of rotatable bonds is 6. The van der Waals surface area contributed by atoms with Gasteiger partial charge < -0.3 is 13.9 Å². The van der Waals surface area contributed by atoms with Gasteiger partial charge in [0, 0.05) is 43.9 Å². The molecular formula is C78H48N2O. The summed E-state index contributed by atoms with van der Waals surface area (Å²) in [6.07, 6.45) is 0. The number of anilines is 3. The fourth-order valence-corrected chi connectivity index (χ4v) is 15.3. The summed E-state index contributed by atoms with van der Waals surface area (Å²) in [7, 11) is 0. The van der Waals surface area contributed by atoms with E-state index < -0.39 is 10.8 Å². The summed E-state index contributed by atoms with van der Waals surface area (Å²) in [6.45, 7) is 0. The van der Waals surface area contributed by atoms with Crippen LogP contribution in [0, 0.1) is 0 Å². The summed E-state index contributed by atoms with van der Waals surface area (Å²) in [6, 6.07) is 109. The minimum atomic E-state index is -0.638. The zero-order valence-corrected chi connectivity index (χ0v) is 44.0. The third-order valence-electron chi connectivity index (χ3n) is 18.5. The summed E-state index contributed by atoms with van der Waals surface area (Å²) >= 11 is 0. The van der Waals surface area contributed by atoms with Crippen LogP contribution < -0.4 is 4.90 Å². The lowest BCUT2D eigenvalue weighted by atomic mass is 9.65. The smallest absolute Gasteiger partial charge is 0.143 e. The van der Waals surface area contributed by atoms with Crippen LogP contribution >= 0.6 is 0 Å². The number of hydrogen-bond donors (Lipinski definition) is 0. The lowest BCUT2D eigenvalue weighted by Crippen LogP contribution is -2.33. The Morgan fingerprint density at radius 1 is 0.321 bits per heavy atom. The quantitative estimate of drug-likeness (QED) is 0.166. The van der Waals surface area contributed by atoms with Crippen molar-refractivity contribution in [2.75, 3.05) is 4.90 Å². The van der Waals surface area contributed by atoms with E-state index in [1.54, 1.807) is 0 Å². The fourth-order valence-electron chi connectivity index (χ4n) is 15.3. The number of aromatic nitrogens is 1. The molecule has 2 aliphatic carbocycles. The van der Waals surface area contributed by atoms with Crippen molar-refractivity contribution in [1.82, 2.24) is 4.57 Å². The van der Waals surface area contributed by atoms with E-state index in [9.17, 15) is 0 Å². The van der Waals surface area contributed by atoms with Crippen LogP contribution in [0.2, 0.25) is 0 Å². The molecule has 15 aromatic rings. The number of para-hydroxylation sites is 5. The molecule has 2 aromatic heterocycles. The highest BCUT2D eigenvalue weighted by Crippen LogP contribution is 2.63. The molecule has 376 valence electrons. The maximum atomic E-state index is 6.66. The first-order valence-corrected chi connectivity index (χ1v) is 28.2. The van der Waals surface area contributed by atoms with Crippen LogP contribution in [0.5, 0.6) is 0 Å². The highest BCUT2D eigenvalue weighted by molar-refractivity contribution is 6.15. The topological polar surface area (TPSA) is 21.3 Å². The van der Waals surface area contributed by atoms with Gasteiger partial charge in [0.2, 0.25) is 0 Å². The largest absolute Gasteiger partial charge is 0.455 e. The third kappa shape index (κ3) is 5.76. The fraction of sp³-hybridized carbons (Fsp3) is 0.0256. The minimum Gasteiger partial charge on any atom is -0.455 e. The van der Waals surface area contributed by atoms with Crippen LogP contribution in [-0.2, 0) is 10.8 Å². The van der Waals surface area contributed by atoms with Gasteiger partial charge in [0.1, 0.15) is 11.2 Å². The molecule has 0 saturated heterocycles. The standard InChI is InChI=1S/C78H48N2O/c1-3-21-50(22-4-1)77(51-23-5-2-6-24-51)65-35-14-10-30-63(65)74-60-29-8-7-26-57(60)72(48-69(74)77)79(52-43-41-49(42-44-52)54-31-19-33-62-59-28-12-18-40-73(59)81-76(54)62)53-45-46-56-55-25-9-13-34-64(55)78(68(56)47-53)66-36-15-17-39-71(66)80-70-38-16-11-27-58(70)61-32-20-37-67(78)75(61)80/h1-48H. The van der Waals surface area contributed by atoms with Crippen molar-refractivity contribution in [1.29, 1.82) is 0 Å². The third-order valence-corrected chi connectivity index (χ3v) is 18.5. The normalized spacial score (nSPS) is 15.1. The molecule has 0 amide bonds. The van der Waals surface area contributed by atoms with E-state index in [2.05, 4.69) is 295 Å². The van der Waals surface area contributed by atoms with Gasteiger partial charge in [0.05, 0.1) is 33.2 Å². The second-order valence-corrected chi connectivity index (χ2v) is 22.2. The molecule has 18 rings (SSSR count). The summed E-state index contributed by atoms with van der Waals surface area (Å²) in [5.41, 5.74) is 24.9. The Balaban J connectivity index is 0.942. The molecule has 13 aromatic carbocycles. The van der Waals surface area contributed by atoms with Crippen molar-refractivity contribution in [2.24, 2.45) is 0 Å². The number of fused-ring (bicyclic) bond motifs is 20. The van der Waals surface area contributed by atoms with Crippen LogP contribution in [0.3, 0.4) is 0 Å². The van der Waals surface area contributed by atoms with Gasteiger partial charge >= 0.3 is 0 Å². The lowest BCUT2D eigenvalue weighted by Gasteiger charge is -2.40. The van der Waals surface area contributed by atoms with Gasteiger partial charge in [-0.3, -0.25) is 0 Å². The Kier molecular flexibility index (Phi) is 9.08. The molecule has 3 nitrogen and oxygen atoms in total. The zero-order valence-electron chi connectivity index (χ0n) is 44.0. The van der Waals surface area contributed by atoms with Crippen molar-refractivity contribution < 1.29 is 4.42 Å². The summed E-state index contributed by atoms with van der Waals surface area (Å²) < 4.78 is 9.19. The summed E-state index contributed by atoms with van der Waals surface area (Å²) in [5.74, 6) is 0. The van der Waals surface area contributed by atoms with Crippen molar-refractivity contribution in [3.63, 3.8) is 0 Å². The van der Waals surface area contributed by atoms with Gasteiger partial charge in [0.25, 0.3) is 0 Å². The Bertz CT molecular complexity index is 5080. The van der Waals surface area contributed by atoms with E-state index in [0.717, 1.165) is 50.1 Å². The monoisotopic (exact) mass is 1030 g/mol. The minimum absolute atomic E-state index is 0.624. The van der Waals surface area contributed by atoms with E-state index in [0.29, 0.717) is 0 Å². The highest BCUT2D eigenvalue weighted by atomic mass is 16.3. The molecule has 0 N–H and O–H groups in total. The molecule has 1 spiro atoms. The lowest BCUT2D eigenvalue weighted by molar-refractivity contribution is 0.670. The Hall–Kier alpha value is -10.5. The first kappa shape index (κ1) is 44.5. The van der Waals surface area contributed by atoms with Crippen molar-refractivity contribution in [3.05, 3.63) is 336 Å². The predicted octanol–water partition coefficient (Wildman–Crippen LogP) is 20.0. The van der Waals surface area contributed by atoms with Crippen molar-refractivity contribution >= 4 is 71.6 Å². The Labute approximate surface area is 468 Å². The van der Waals surface area contributed by atoms with Crippen LogP contribution in [0.25, 0.3) is 93.6 Å². The number of hydrogen-bond acceptors (Lipinski definition) is 2. The molecule has 0 fully saturated rings.